The lowest BCUT2D eigenvalue weighted by Crippen LogP contribution is -2.30. The average molecular weight is 248 g/mol. The number of rotatable bonds is 5. The third-order valence-corrected chi connectivity index (χ3v) is 4.16. The van der Waals surface area contributed by atoms with Gasteiger partial charge in [0.05, 0.1) is 18.1 Å². The lowest BCUT2D eigenvalue weighted by atomic mass is 9.74. The summed E-state index contributed by atoms with van der Waals surface area (Å²) in [6.07, 6.45) is 1.24. The van der Waals surface area contributed by atoms with E-state index in [1.807, 2.05) is 13.8 Å². The number of aliphatic hydroxyl groups excluding tert-OH is 1. The second-order valence-corrected chi connectivity index (χ2v) is 5.26. The van der Waals surface area contributed by atoms with E-state index in [-0.39, 0.29) is 12.5 Å². The zero-order valence-electron chi connectivity index (χ0n) is 10.1. The van der Waals surface area contributed by atoms with Crippen LogP contribution in [-0.4, -0.2) is 11.7 Å². The molecule has 0 bridgehead atoms. The molecular weight excluding hydrogens is 232 g/mol. The van der Waals surface area contributed by atoms with E-state index in [1.165, 1.54) is 11.3 Å². The highest BCUT2D eigenvalue weighted by Crippen LogP contribution is 2.41. The van der Waals surface area contributed by atoms with E-state index in [0.29, 0.717) is 18.5 Å². The Bertz CT molecular complexity index is 453. The van der Waals surface area contributed by atoms with Crippen molar-refractivity contribution < 1.29 is 5.11 Å². The number of thiophene rings is 1. The summed E-state index contributed by atoms with van der Waals surface area (Å²) in [6, 6.07) is 4.20. The zero-order valence-corrected chi connectivity index (χ0v) is 10.9. The molecule has 0 spiro atoms. The van der Waals surface area contributed by atoms with Crippen molar-refractivity contribution in [3.05, 3.63) is 27.7 Å². The molecule has 0 aliphatic heterocycles. The first-order chi connectivity index (χ1) is 8.10. The smallest absolute Gasteiger partial charge is 0.198 e. The number of nitrogens with zero attached hydrogens (tertiary/aromatic N) is 2. The zero-order chi connectivity index (χ0) is 12.9. The topological polar surface area (TPSA) is 48.4 Å². The van der Waals surface area contributed by atoms with Gasteiger partial charge in [-0.2, -0.15) is 16.6 Å². The second kappa shape index (κ2) is 5.82. The summed E-state index contributed by atoms with van der Waals surface area (Å²) in [6.45, 7) is 11.1. The molecule has 3 nitrogen and oxygen atoms in total. The lowest BCUT2D eigenvalue weighted by Gasteiger charge is -2.29. The summed E-state index contributed by atoms with van der Waals surface area (Å²) in [5, 5.41) is 20.2. The highest BCUT2D eigenvalue weighted by molar-refractivity contribution is 7.10. The Labute approximate surface area is 106 Å². The van der Waals surface area contributed by atoms with Crippen molar-refractivity contribution in [3.63, 3.8) is 0 Å². The average Bonchev–Trinajstić information content (AvgIpc) is 2.79. The quantitative estimate of drug-likeness (QED) is 0.811. The molecule has 0 aliphatic carbocycles. The van der Waals surface area contributed by atoms with Gasteiger partial charge in [0.1, 0.15) is 0 Å². The summed E-state index contributed by atoms with van der Waals surface area (Å²) in [5.74, 6) is 0.163. The van der Waals surface area contributed by atoms with Gasteiger partial charge in [0, 0.05) is 11.5 Å². The Morgan fingerprint density at radius 1 is 1.65 bits per heavy atom. The minimum atomic E-state index is -0.573. The van der Waals surface area contributed by atoms with E-state index in [4.69, 9.17) is 11.7 Å². The van der Waals surface area contributed by atoms with E-state index < -0.39 is 5.41 Å². The predicted molar refractivity (Wildman–Crippen MR) is 69.0 cm³/mol. The summed E-state index contributed by atoms with van der Waals surface area (Å²) >= 11 is 1.47. The van der Waals surface area contributed by atoms with Crippen LogP contribution in [0.25, 0.3) is 4.85 Å². The first-order valence-corrected chi connectivity index (χ1v) is 6.47. The van der Waals surface area contributed by atoms with Gasteiger partial charge < -0.3 is 5.11 Å². The number of hydrogen-bond acceptors (Lipinski definition) is 3. The Kier molecular flexibility index (Phi) is 4.69. The molecule has 1 aromatic rings. The molecule has 17 heavy (non-hydrogen) atoms. The first-order valence-electron chi connectivity index (χ1n) is 5.59. The van der Waals surface area contributed by atoms with E-state index >= 15 is 0 Å². The van der Waals surface area contributed by atoms with Crippen LogP contribution in [0.1, 0.15) is 31.6 Å². The van der Waals surface area contributed by atoms with Crippen LogP contribution in [0.4, 0.5) is 5.69 Å². The van der Waals surface area contributed by atoms with Crippen molar-refractivity contribution >= 4 is 17.0 Å². The lowest BCUT2D eigenvalue weighted by molar-refractivity contribution is 0.258. The molecule has 1 rings (SSSR count). The number of nitriles is 1. The van der Waals surface area contributed by atoms with Gasteiger partial charge in [0.2, 0.25) is 0 Å². The predicted octanol–water partition coefficient (Wildman–Crippen LogP) is 3.49. The maximum atomic E-state index is 9.51. The molecule has 1 atom stereocenters. The maximum Gasteiger partial charge on any atom is 0.198 e. The fourth-order valence-corrected chi connectivity index (χ4v) is 3.06. The van der Waals surface area contributed by atoms with Crippen molar-refractivity contribution in [2.75, 3.05) is 6.61 Å². The molecule has 0 radical (unpaired) electrons. The molecule has 4 heteroatoms. The highest BCUT2D eigenvalue weighted by Gasteiger charge is 2.36. The Morgan fingerprint density at radius 3 is 2.76 bits per heavy atom. The Hall–Kier alpha value is -1.36. The molecule has 0 fully saturated rings. The van der Waals surface area contributed by atoms with Gasteiger partial charge in [0.15, 0.2) is 5.69 Å². The Balaban J connectivity index is 3.14. The van der Waals surface area contributed by atoms with Crippen molar-refractivity contribution in [2.45, 2.75) is 32.1 Å². The molecule has 1 unspecified atom stereocenters. The fourth-order valence-electron chi connectivity index (χ4n) is 1.91. The first kappa shape index (κ1) is 13.7. The monoisotopic (exact) mass is 248 g/mol. The summed E-state index contributed by atoms with van der Waals surface area (Å²) in [7, 11) is 0. The normalized spacial score (nSPS) is 14.0. The van der Waals surface area contributed by atoms with Crippen LogP contribution >= 0.6 is 11.3 Å². The third-order valence-electron chi connectivity index (χ3n) is 3.07. The number of aliphatic hydroxyl groups is 1. The third kappa shape index (κ3) is 2.66. The second-order valence-electron chi connectivity index (χ2n) is 4.35. The van der Waals surface area contributed by atoms with E-state index in [1.54, 1.807) is 11.4 Å². The van der Waals surface area contributed by atoms with Crippen LogP contribution in [-0.2, 0) is 5.41 Å². The van der Waals surface area contributed by atoms with Gasteiger partial charge in [0.25, 0.3) is 0 Å². The van der Waals surface area contributed by atoms with Gasteiger partial charge in [-0.1, -0.05) is 13.8 Å². The van der Waals surface area contributed by atoms with Crippen LogP contribution < -0.4 is 0 Å². The molecule has 0 amide bonds. The van der Waals surface area contributed by atoms with Gasteiger partial charge in [-0.3, -0.25) is 0 Å². The highest BCUT2D eigenvalue weighted by atomic mass is 32.1. The van der Waals surface area contributed by atoms with Crippen LogP contribution in [0, 0.1) is 23.8 Å². The minimum absolute atomic E-state index is 0.0944. The minimum Gasteiger partial charge on any atom is -0.396 e. The van der Waals surface area contributed by atoms with Crippen LogP contribution in [0.2, 0.25) is 0 Å². The molecule has 1 heterocycles. The largest absolute Gasteiger partial charge is 0.396 e. The molecule has 90 valence electrons. The summed E-state index contributed by atoms with van der Waals surface area (Å²) < 4.78 is 0. The van der Waals surface area contributed by atoms with Gasteiger partial charge >= 0.3 is 0 Å². The fraction of sp³-hybridized carbons (Fsp3) is 0.538. The number of hydrogen-bond donors (Lipinski definition) is 1. The van der Waals surface area contributed by atoms with Crippen LogP contribution in [0.5, 0.6) is 0 Å². The van der Waals surface area contributed by atoms with Crippen molar-refractivity contribution in [2.24, 2.45) is 5.92 Å². The van der Waals surface area contributed by atoms with Crippen molar-refractivity contribution in [1.29, 1.82) is 5.26 Å². The standard InChI is InChI=1S/C13H16N2OS/c1-10(2)13(9-14,5-4-6-16)12-7-11(15-3)8-17-12/h7-8,10,16H,4-6H2,1-2H3. The molecule has 0 aliphatic rings. The van der Waals surface area contributed by atoms with Gasteiger partial charge in [-0.25, -0.2) is 4.85 Å². The van der Waals surface area contributed by atoms with Crippen LogP contribution in [0.15, 0.2) is 11.4 Å². The summed E-state index contributed by atoms with van der Waals surface area (Å²) in [5.41, 5.74) is 0.0188. The Morgan fingerprint density at radius 2 is 2.35 bits per heavy atom. The SMILES string of the molecule is [C-]#[N+]c1csc(C(C#N)(CCCO)C(C)C)c1. The molecule has 0 aromatic carbocycles. The van der Waals surface area contributed by atoms with Crippen LogP contribution in [0.3, 0.4) is 0 Å². The van der Waals surface area contributed by atoms with E-state index in [0.717, 1.165) is 4.88 Å². The molecule has 1 aromatic heterocycles. The van der Waals surface area contributed by atoms with Crippen molar-refractivity contribution in [3.8, 4) is 6.07 Å². The van der Waals surface area contributed by atoms with E-state index in [2.05, 4.69) is 10.9 Å². The molecule has 0 saturated carbocycles. The van der Waals surface area contributed by atoms with Gasteiger partial charge in [-0.15, -0.1) is 0 Å². The molecular formula is C13H16N2OS. The van der Waals surface area contributed by atoms with E-state index in [9.17, 15) is 5.26 Å². The molecule has 0 saturated heterocycles. The van der Waals surface area contributed by atoms with Gasteiger partial charge in [-0.05, 0) is 30.2 Å². The molecule has 1 N–H and O–H groups in total. The van der Waals surface area contributed by atoms with Crippen molar-refractivity contribution in [1.82, 2.24) is 0 Å². The maximum absolute atomic E-state index is 9.51. The summed E-state index contributed by atoms with van der Waals surface area (Å²) in [4.78, 5) is 4.32.